The molecule has 24 heavy (non-hydrogen) atoms. The second kappa shape index (κ2) is 7.26. The molecule has 0 aliphatic carbocycles. The Morgan fingerprint density at radius 2 is 1.71 bits per heavy atom. The van der Waals surface area contributed by atoms with E-state index in [4.69, 9.17) is 0 Å². The summed E-state index contributed by atoms with van der Waals surface area (Å²) in [6.45, 7) is 6.49. The molecule has 2 aliphatic rings. The monoisotopic (exact) mass is 328 g/mol. The van der Waals surface area contributed by atoms with Crippen LogP contribution in [0.4, 0.5) is 0 Å². The number of amides is 1. The van der Waals surface area contributed by atoms with Crippen molar-refractivity contribution in [1.29, 1.82) is 0 Å². The van der Waals surface area contributed by atoms with Crippen LogP contribution in [0.1, 0.15) is 63.5 Å². The Kier molecular flexibility index (Phi) is 5.29. The Hall–Kier alpha value is -1.35. The average Bonchev–Trinajstić information content (AvgIpc) is 2.75. The molecule has 3 nitrogen and oxygen atoms in total. The fraction of sp³-hybridized carbons (Fsp3) is 0.667. The standard InChI is InChI=1S/C21H32N2O/c1-14(2)11-16-5-7-17(8-6-16)15(3)21(24)22-18-12-19-9-10-20(13-18)23(19)4/h5-8,14-15,18-20H,9-13H2,1-4H3,(H,22,24). The number of rotatable bonds is 5. The van der Waals surface area contributed by atoms with Crippen LogP contribution in [0.5, 0.6) is 0 Å². The quantitative estimate of drug-likeness (QED) is 0.893. The molecule has 2 bridgehead atoms. The number of carbonyl (C=O) groups excluding carboxylic acids is 1. The normalized spacial score (nSPS) is 28.1. The number of benzene rings is 1. The predicted molar refractivity (Wildman–Crippen MR) is 99.1 cm³/mol. The average molecular weight is 328 g/mol. The van der Waals surface area contributed by atoms with Crippen LogP contribution in [0.3, 0.4) is 0 Å². The van der Waals surface area contributed by atoms with E-state index < -0.39 is 0 Å². The molecular formula is C21H32N2O. The molecule has 3 rings (SSSR count). The zero-order valence-electron chi connectivity index (χ0n) is 15.6. The fourth-order valence-corrected chi connectivity index (χ4v) is 4.42. The molecule has 1 aromatic carbocycles. The van der Waals surface area contributed by atoms with Crippen LogP contribution in [-0.4, -0.2) is 36.0 Å². The molecule has 0 radical (unpaired) electrons. The van der Waals surface area contributed by atoms with Crippen LogP contribution in [-0.2, 0) is 11.2 Å². The fourth-order valence-electron chi connectivity index (χ4n) is 4.42. The second-order valence-electron chi connectivity index (χ2n) is 8.29. The Balaban J connectivity index is 1.57. The van der Waals surface area contributed by atoms with Crippen molar-refractivity contribution in [3.05, 3.63) is 35.4 Å². The van der Waals surface area contributed by atoms with Crippen LogP contribution in [0, 0.1) is 5.92 Å². The van der Waals surface area contributed by atoms with Crippen LogP contribution < -0.4 is 5.32 Å². The van der Waals surface area contributed by atoms with E-state index in [0.29, 0.717) is 24.0 Å². The summed E-state index contributed by atoms with van der Waals surface area (Å²) in [6, 6.07) is 10.3. The molecule has 2 heterocycles. The van der Waals surface area contributed by atoms with E-state index >= 15 is 0 Å². The number of nitrogens with one attached hydrogen (secondary N) is 1. The number of nitrogens with zero attached hydrogens (tertiary/aromatic N) is 1. The number of carbonyl (C=O) groups is 1. The van der Waals surface area contributed by atoms with E-state index in [0.717, 1.165) is 24.8 Å². The molecule has 1 aromatic rings. The van der Waals surface area contributed by atoms with Crippen molar-refractivity contribution < 1.29 is 4.79 Å². The molecule has 0 spiro atoms. The molecule has 0 saturated carbocycles. The lowest BCUT2D eigenvalue weighted by Gasteiger charge is -2.37. The van der Waals surface area contributed by atoms with Gasteiger partial charge in [-0.15, -0.1) is 0 Å². The third-order valence-corrected chi connectivity index (χ3v) is 5.96. The number of hydrogen-bond donors (Lipinski definition) is 1. The van der Waals surface area contributed by atoms with Crippen LogP contribution in [0.2, 0.25) is 0 Å². The number of piperidine rings is 1. The van der Waals surface area contributed by atoms with Gasteiger partial charge in [0.2, 0.25) is 5.91 Å². The van der Waals surface area contributed by atoms with Crippen molar-refractivity contribution in [3.8, 4) is 0 Å². The SMILES string of the molecule is CC(C)Cc1ccc(C(C)C(=O)NC2CC3CCC(C2)N3C)cc1. The molecule has 0 aromatic heterocycles. The Morgan fingerprint density at radius 1 is 1.12 bits per heavy atom. The summed E-state index contributed by atoms with van der Waals surface area (Å²) >= 11 is 0. The molecule has 2 saturated heterocycles. The zero-order chi connectivity index (χ0) is 17.3. The highest BCUT2D eigenvalue weighted by Gasteiger charge is 2.39. The van der Waals surface area contributed by atoms with Crippen molar-refractivity contribution in [2.75, 3.05) is 7.05 Å². The Morgan fingerprint density at radius 3 is 2.25 bits per heavy atom. The van der Waals surface area contributed by atoms with Crippen molar-refractivity contribution in [2.45, 2.75) is 76.9 Å². The summed E-state index contributed by atoms with van der Waals surface area (Å²) in [5, 5.41) is 3.32. The summed E-state index contributed by atoms with van der Waals surface area (Å²) in [7, 11) is 2.24. The minimum atomic E-state index is -0.0737. The van der Waals surface area contributed by atoms with E-state index in [1.807, 2.05) is 6.92 Å². The molecule has 2 aliphatic heterocycles. The first-order valence-electron chi connectivity index (χ1n) is 9.55. The summed E-state index contributed by atoms with van der Waals surface area (Å²) in [5.74, 6) is 0.771. The highest BCUT2D eigenvalue weighted by molar-refractivity contribution is 5.83. The van der Waals surface area contributed by atoms with Gasteiger partial charge in [0.05, 0.1) is 5.92 Å². The van der Waals surface area contributed by atoms with E-state index in [-0.39, 0.29) is 11.8 Å². The predicted octanol–water partition coefficient (Wildman–Crippen LogP) is 3.73. The lowest BCUT2D eigenvalue weighted by atomic mass is 9.94. The van der Waals surface area contributed by atoms with Gasteiger partial charge >= 0.3 is 0 Å². The van der Waals surface area contributed by atoms with Gasteiger partial charge in [-0.1, -0.05) is 38.1 Å². The van der Waals surface area contributed by atoms with Gasteiger partial charge in [0, 0.05) is 18.1 Å². The van der Waals surface area contributed by atoms with Gasteiger partial charge in [-0.2, -0.15) is 0 Å². The van der Waals surface area contributed by atoms with Crippen LogP contribution in [0.15, 0.2) is 24.3 Å². The van der Waals surface area contributed by atoms with Gasteiger partial charge in [-0.25, -0.2) is 0 Å². The maximum Gasteiger partial charge on any atom is 0.227 e. The van der Waals surface area contributed by atoms with Gasteiger partial charge < -0.3 is 10.2 Å². The topological polar surface area (TPSA) is 32.3 Å². The Bertz CT molecular complexity index is 552. The van der Waals surface area contributed by atoms with Crippen LogP contribution in [0.25, 0.3) is 0 Å². The molecule has 2 fully saturated rings. The van der Waals surface area contributed by atoms with Crippen molar-refractivity contribution >= 4 is 5.91 Å². The largest absolute Gasteiger partial charge is 0.353 e. The molecule has 3 heteroatoms. The second-order valence-corrected chi connectivity index (χ2v) is 8.29. The number of fused-ring (bicyclic) bond motifs is 2. The van der Waals surface area contributed by atoms with E-state index in [1.165, 1.54) is 18.4 Å². The molecule has 132 valence electrons. The van der Waals surface area contributed by atoms with Gasteiger partial charge in [-0.05, 0) is 63.1 Å². The first kappa shape index (κ1) is 17.5. The lowest BCUT2D eigenvalue weighted by Crippen LogP contribution is -2.49. The summed E-state index contributed by atoms with van der Waals surface area (Å²) in [5.41, 5.74) is 2.48. The molecule has 1 N–H and O–H groups in total. The van der Waals surface area contributed by atoms with E-state index in [1.54, 1.807) is 0 Å². The van der Waals surface area contributed by atoms with Gasteiger partial charge in [0.1, 0.15) is 0 Å². The molecule has 3 atom stereocenters. The van der Waals surface area contributed by atoms with Gasteiger partial charge in [0.15, 0.2) is 0 Å². The number of hydrogen-bond acceptors (Lipinski definition) is 2. The third kappa shape index (κ3) is 3.83. The summed E-state index contributed by atoms with van der Waals surface area (Å²) in [4.78, 5) is 15.2. The minimum Gasteiger partial charge on any atom is -0.353 e. The minimum absolute atomic E-state index is 0.0737. The highest BCUT2D eigenvalue weighted by atomic mass is 16.1. The zero-order valence-corrected chi connectivity index (χ0v) is 15.6. The maximum atomic E-state index is 12.7. The Labute approximate surface area is 146 Å². The van der Waals surface area contributed by atoms with Crippen molar-refractivity contribution in [3.63, 3.8) is 0 Å². The smallest absolute Gasteiger partial charge is 0.227 e. The molecule has 3 unspecified atom stereocenters. The third-order valence-electron chi connectivity index (χ3n) is 5.96. The summed E-state index contributed by atoms with van der Waals surface area (Å²) in [6.07, 6.45) is 5.90. The van der Waals surface area contributed by atoms with E-state index in [2.05, 4.69) is 55.4 Å². The van der Waals surface area contributed by atoms with Crippen LogP contribution >= 0.6 is 0 Å². The highest BCUT2D eigenvalue weighted by Crippen LogP contribution is 2.34. The van der Waals surface area contributed by atoms with Crippen molar-refractivity contribution in [2.24, 2.45) is 5.92 Å². The first-order valence-corrected chi connectivity index (χ1v) is 9.55. The lowest BCUT2D eigenvalue weighted by molar-refractivity contribution is -0.123. The molecule has 1 amide bonds. The van der Waals surface area contributed by atoms with Gasteiger partial charge in [-0.3, -0.25) is 4.79 Å². The first-order chi connectivity index (χ1) is 11.4. The van der Waals surface area contributed by atoms with Gasteiger partial charge in [0.25, 0.3) is 0 Å². The van der Waals surface area contributed by atoms with E-state index in [9.17, 15) is 4.79 Å². The molecular weight excluding hydrogens is 296 g/mol. The summed E-state index contributed by atoms with van der Waals surface area (Å²) < 4.78 is 0. The maximum absolute atomic E-state index is 12.7. The van der Waals surface area contributed by atoms with Crippen molar-refractivity contribution in [1.82, 2.24) is 10.2 Å².